The van der Waals surface area contributed by atoms with Crippen molar-refractivity contribution in [1.29, 1.82) is 0 Å². The van der Waals surface area contributed by atoms with Crippen molar-refractivity contribution in [3.63, 3.8) is 0 Å². The lowest BCUT2D eigenvalue weighted by Crippen LogP contribution is -2.48. The maximum absolute atomic E-state index is 12.6. The lowest BCUT2D eigenvalue weighted by molar-refractivity contribution is -0.127. The Morgan fingerprint density at radius 1 is 1.20 bits per heavy atom. The number of fused-ring (bicyclic) bond motifs is 2. The van der Waals surface area contributed by atoms with Crippen molar-refractivity contribution in [1.82, 2.24) is 24.7 Å². The van der Waals surface area contributed by atoms with Gasteiger partial charge in [-0.3, -0.25) is 9.69 Å². The lowest BCUT2D eigenvalue weighted by Gasteiger charge is -2.33. The zero-order valence-electron chi connectivity index (χ0n) is 29.7. The number of hydrogen-bond donors (Lipinski definition) is 1. The molecule has 3 aliphatic rings. The van der Waals surface area contributed by atoms with Crippen molar-refractivity contribution >= 4 is 55.2 Å². The van der Waals surface area contributed by atoms with E-state index in [4.69, 9.17) is 22.0 Å². The average Bonchev–Trinajstić information content (AvgIpc) is 3.47. The summed E-state index contributed by atoms with van der Waals surface area (Å²) in [5, 5.41) is 2.58. The molecule has 2 aromatic carbocycles. The summed E-state index contributed by atoms with van der Waals surface area (Å²) in [5.74, 6) is 0.481. The first-order valence-electron chi connectivity index (χ1n) is 17.1. The van der Waals surface area contributed by atoms with E-state index in [1.807, 2.05) is 18.7 Å². The molecule has 6 rings (SSSR count). The smallest absolute Gasteiger partial charge is 0.318 e. The molecule has 0 unspecified atom stereocenters. The van der Waals surface area contributed by atoms with Crippen molar-refractivity contribution < 1.29 is 13.9 Å². The molecule has 3 aromatic rings. The minimum Gasteiger partial charge on any atom is -0.462 e. The Bertz CT molecular complexity index is 1640. The van der Waals surface area contributed by atoms with Gasteiger partial charge in [0.15, 0.2) is 0 Å². The Labute approximate surface area is 317 Å². The van der Waals surface area contributed by atoms with Crippen molar-refractivity contribution in [2.45, 2.75) is 72.3 Å². The van der Waals surface area contributed by atoms with Gasteiger partial charge in [-0.2, -0.15) is 37.0 Å². The molecular formula is C38H57FN8O2S2. The SMILES string of the molecule is C.Cc1cccc2cccc(N3CCc4c(N)nc(OC[C@@H]5CCCN5C)nc4C3)c12.S.S.[C-]#[N+]C[C@@H](C)N(CC)C(=O)/C=C/CN1CC(F)C1. The van der Waals surface area contributed by atoms with Gasteiger partial charge in [0.1, 0.15) is 24.6 Å². The number of carbonyl (C=O) groups is 1. The third-order valence-corrected chi connectivity index (χ3v) is 9.63. The molecule has 0 saturated carbocycles. The highest BCUT2D eigenvalue weighted by atomic mass is 32.1. The largest absolute Gasteiger partial charge is 0.462 e. The number of hydrogen-bond acceptors (Lipinski definition) is 8. The Balaban J connectivity index is 0.000000375. The molecule has 4 heterocycles. The Morgan fingerprint density at radius 2 is 1.92 bits per heavy atom. The quantitative estimate of drug-likeness (QED) is 0.207. The van der Waals surface area contributed by atoms with Gasteiger partial charge in [-0.05, 0) is 70.6 Å². The van der Waals surface area contributed by atoms with E-state index in [2.05, 4.69) is 70.0 Å². The first-order valence-corrected chi connectivity index (χ1v) is 17.1. The second-order valence-corrected chi connectivity index (χ2v) is 13.1. The molecule has 10 nitrogen and oxygen atoms in total. The Morgan fingerprint density at radius 3 is 2.57 bits per heavy atom. The monoisotopic (exact) mass is 740 g/mol. The molecule has 2 atom stereocenters. The molecule has 0 spiro atoms. The fraction of sp³-hybridized carbons (Fsp3) is 0.526. The van der Waals surface area contributed by atoms with Crippen LogP contribution in [0.5, 0.6) is 6.01 Å². The maximum atomic E-state index is 12.6. The summed E-state index contributed by atoms with van der Waals surface area (Å²) in [6.07, 6.45) is 5.80. The van der Waals surface area contributed by atoms with Gasteiger partial charge < -0.3 is 30.0 Å². The minimum atomic E-state index is -0.708. The number of likely N-dealkylation sites (tertiary alicyclic amines) is 2. The predicted molar refractivity (Wildman–Crippen MR) is 217 cm³/mol. The first kappa shape index (κ1) is 43.6. The number of ether oxygens (including phenoxy) is 1. The number of aryl methyl sites for hydroxylation is 1. The van der Waals surface area contributed by atoms with Gasteiger partial charge in [0.2, 0.25) is 12.5 Å². The van der Waals surface area contributed by atoms with Crippen LogP contribution in [-0.2, 0) is 17.8 Å². The van der Waals surface area contributed by atoms with Crippen LogP contribution in [0, 0.1) is 13.5 Å². The van der Waals surface area contributed by atoms with Crippen LogP contribution in [0.4, 0.5) is 15.9 Å². The molecule has 1 amide bonds. The van der Waals surface area contributed by atoms with Gasteiger partial charge in [0.05, 0.1) is 12.2 Å². The standard InChI is InChI=1S/C24H29N5O.C13H20FN3O.CH4.2H2S/c1-16-6-3-7-17-8-4-10-21(22(16)17)29-13-11-19-20(14-29)26-24(27-23(19)25)30-15-18-9-5-12-28(18)2;1-4-17(11(2)8-15-3)13(18)6-5-7-16-9-12(14)10-16;;;/h3-4,6-8,10,18H,5,9,11-15H2,1-2H3,(H2,25,26,27);5-6,11-12H,4,7-10H2,1-2H3;1H4;2*1H2/b;6-5+;;;/t18-;11-;;;/m01.../s1. The minimum absolute atomic E-state index is 0. The van der Waals surface area contributed by atoms with Gasteiger partial charge in [0.25, 0.3) is 0 Å². The zero-order valence-corrected chi connectivity index (χ0v) is 31.7. The van der Waals surface area contributed by atoms with Crippen molar-refractivity contribution in [2.75, 3.05) is 70.1 Å². The molecule has 2 fully saturated rings. The van der Waals surface area contributed by atoms with Crippen LogP contribution in [0.1, 0.15) is 50.9 Å². The Kier molecular flexibility index (Phi) is 17.5. The number of anilines is 2. The van der Waals surface area contributed by atoms with Crippen LogP contribution < -0.4 is 15.4 Å². The molecule has 0 aliphatic carbocycles. The van der Waals surface area contributed by atoms with Gasteiger partial charge in [-0.15, -0.1) is 0 Å². The fourth-order valence-electron chi connectivity index (χ4n) is 6.81. The number of benzene rings is 2. The molecule has 51 heavy (non-hydrogen) atoms. The number of rotatable bonds is 10. The highest BCUT2D eigenvalue weighted by Crippen LogP contribution is 2.34. The van der Waals surface area contributed by atoms with Gasteiger partial charge >= 0.3 is 6.01 Å². The third kappa shape index (κ3) is 11.0. The van der Waals surface area contributed by atoms with E-state index < -0.39 is 6.17 Å². The number of aromatic nitrogens is 2. The molecule has 280 valence electrons. The van der Waals surface area contributed by atoms with Crippen LogP contribution in [0.25, 0.3) is 15.6 Å². The summed E-state index contributed by atoms with van der Waals surface area (Å²) in [6, 6.07) is 13.8. The topological polar surface area (TPSA) is 95.4 Å². The summed E-state index contributed by atoms with van der Waals surface area (Å²) in [5.41, 5.74) is 10.9. The second kappa shape index (κ2) is 20.5. The number of nitrogens with zero attached hydrogens (tertiary/aromatic N) is 7. The summed E-state index contributed by atoms with van der Waals surface area (Å²) < 4.78 is 18.5. The molecular weight excluding hydrogens is 684 g/mol. The van der Waals surface area contributed by atoms with Crippen molar-refractivity contribution in [2.24, 2.45) is 0 Å². The summed E-state index contributed by atoms with van der Waals surface area (Å²) in [7, 11) is 2.15. The van der Waals surface area contributed by atoms with Crippen LogP contribution in [0.3, 0.4) is 0 Å². The summed E-state index contributed by atoms with van der Waals surface area (Å²) >= 11 is 0. The number of amides is 1. The molecule has 0 radical (unpaired) electrons. The molecule has 13 heteroatoms. The highest BCUT2D eigenvalue weighted by Gasteiger charge is 2.26. The number of likely N-dealkylation sites (N-methyl/N-ethyl adjacent to an activating group) is 2. The number of nitrogens with two attached hydrogens (primary N) is 1. The number of nitrogen functional groups attached to an aromatic ring is 1. The summed E-state index contributed by atoms with van der Waals surface area (Å²) in [4.78, 5) is 32.7. The number of alkyl halides is 1. The molecule has 1 aromatic heterocycles. The van der Waals surface area contributed by atoms with E-state index in [9.17, 15) is 9.18 Å². The average molecular weight is 741 g/mol. The number of carbonyl (C=O) groups excluding carboxylic acids is 1. The third-order valence-electron chi connectivity index (χ3n) is 9.63. The van der Waals surface area contributed by atoms with Crippen LogP contribution in [0.2, 0.25) is 0 Å². The van der Waals surface area contributed by atoms with Crippen LogP contribution in [-0.4, -0.2) is 108 Å². The maximum Gasteiger partial charge on any atom is 0.318 e. The molecule has 2 N–H and O–H groups in total. The first-order chi connectivity index (χ1) is 23.2. The van der Waals surface area contributed by atoms with Crippen molar-refractivity contribution in [3.8, 4) is 6.01 Å². The zero-order chi connectivity index (χ0) is 34.2. The van der Waals surface area contributed by atoms with Crippen LogP contribution >= 0.6 is 27.0 Å². The predicted octanol–water partition coefficient (Wildman–Crippen LogP) is 5.77. The normalized spacial score (nSPS) is 17.8. The molecule has 3 aliphatic heterocycles. The molecule has 0 bridgehead atoms. The van der Waals surface area contributed by atoms with E-state index in [0.29, 0.717) is 57.2 Å². The van der Waals surface area contributed by atoms with E-state index in [0.717, 1.165) is 43.7 Å². The van der Waals surface area contributed by atoms with Gasteiger partial charge in [0, 0.05) is 61.5 Å². The van der Waals surface area contributed by atoms with Crippen LogP contribution in [0.15, 0.2) is 48.6 Å². The van der Waals surface area contributed by atoms with Gasteiger partial charge in [-0.1, -0.05) is 43.8 Å². The fourth-order valence-corrected chi connectivity index (χ4v) is 6.81. The van der Waals surface area contributed by atoms with E-state index >= 15 is 0 Å². The summed E-state index contributed by atoms with van der Waals surface area (Å²) in [6.45, 7) is 18.6. The Hall–Kier alpha value is -3.57. The second-order valence-electron chi connectivity index (χ2n) is 13.1. The van der Waals surface area contributed by atoms with Crippen molar-refractivity contribution in [3.05, 3.63) is 76.8 Å². The van der Waals surface area contributed by atoms with Gasteiger partial charge in [-0.25, -0.2) is 11.0 Å². The highest BCUT2D eigenvalue weighted by molar-refractivity contribution is 7.59. The number of halogens is 1. The molecule has 2 saturated heterocycles. The van der Waals surface area contributed by atoms with E-state index in [-0.39, 0.29) is 46.4 Å². The van der Waals surface area contributed by atoms with E-state index in [1.54, 1.807) is 11.0 Å². The lowest BCUT2D eigenvalue weighted by atomic mass is 10.00. The van der Waals surface area contributed by atoms with E-state index in [1.165, 1.54) is 34.5 Å².